The Morgan fingerprint density at radius 3 is 1.98 bits per heavy atom. The zero-order valence-corrected chi connectivity index (χ0v) is 28.8. The van der Waals surface area contributed by atoms with Crippen molar-refractivity contribution in [3.63, 3.8) is 0 Å². The number of carbonyl (C=O) groups excluding carboxylic acids is 2. The fourth-order valence-electron chi connectivity index (χ4n) is 6.11. The van der Waals surface area contributed by atoms with Crippen LogP contribution in [0, 0.1) is 10.1 Å². The first-order valence-electron chi connectivity index (χ1n) is 14.9. The second-order valence-corrected chi connectivity index (χ2v) is 12.0. The molecule has 3 aromatic rings. The number of rotatable bonds is 12. The Balaban J connectivity index is 0.00000576. The number of ether oxygens (including phenoxy) is 2. The normalized spacial score (nSPS) is 14.9. The van der Waals surface area contributed by atoms with E-state index in [9.17, 15) is 19.7 Å². The van der Waals surface area contributed by atoms with Crippen LogP contribution < -0.4 is 5.32 Å². The minimum absolute atomic E-state index is 0. The number of likely N-dealkylation sites (N-methyl/N-ethyl adjacent to an activating group) is 1. The molecule has 1 atom stereocenters. The van der Waals surface area contributed by atoms with Crippen molar-refractivity contribution in [3.05, 3.63) is 134 Å². The molecule has 9 nitrogen and oxygen atoms in total. The number of hydrogen-bond acceptors (Lipinski definition) is 8. The predicted octanol–water partition coefficient (Wildman–Crippen LogP) is 7.06. The summed E-state index contributed by atoms with van der Waals surface area (Å²) in [6.07, 6.45) is 0.865. The monoisotopic (exact) mass is 691 g/mol. The van der Waals surface area contributed by atoms with Crippen molar-refractivity contribution in [2.24, 2.45) is 0 Å². The number of dihydropyridines is 1. The molecule has 0 bridgehead atoms. The van der Waals surface area contributed by atoms with Crippen LogP contribution >= 0.6 is 17.0 Å². The average Bonchev–Trinajstić information content (AvgIpc) is 3.01. The largest absolute Gasteiger partial charge is 0.466 e. The highest BCUT2D eigenvalue weighted by Crippen LogP contribution is 2.40. The lowest BCUT2D eigenvalue weighted by molar-refractivity contribution is -0.384. The Morgan fingerprint density at radius 2 is 1.46 bits per heavy atom. The molecule has 3 aromatic carbocycles. The number of benzene rings is 3. The van der Waals surface area contributed by atoms with Gasteiger partial charge in [-0.25, -0.2) is 9.59 Å². The van der Waals surface area contributed by atoms with Crippen molar-refractivity contribution in [2.45, 2.75) is 51.6 Å². The van der Waals surface area contributed by atoms with Crippen LogP contribution in [0.25, 0.3) is 0 Å². The van der Waals surface area contributed by atoms with E-state index in [1.807, 2.05) is 33.0 Å². The van der Waals surface area contributed by atoms with E-state index < -0.39 is 28.4 Å². The number of nitrogens with one attached hydrogen (secondary N) is 1. The molecule has 0 amide bonds. The first kappa shape index (κ1) is 36.2. The molecule has 46 heavy (non-hydrogen) atoms. The third-order valence-electron chi connectivity index (χ3n) is 8.02. The van der Waals surface area contributed by atoms with Crippen LogP contribution in [-0.4, -0.2) is 54.6 Å². The molecule has 1 aliphatic rings. The summed E-state index contributed by atoms with van der Waals surface area (Å²) in [5.41, 5.74) is 3.24. The summed E-state index contributed by atoms with van der Waals surface area (Å²) in [6, 6.07) is 26.8. The van der Waals surface area contributed by atoms with E-state index >= 15 is 0 Å². The summed E-state index contributed by atoms with van der Waals surface area (Å²) in [4.78, 5) is 40.2. The van der Waals surface area contributed by atoms with E-state index in [1.165, 1.54) is 36.4 Å². The molecular formula is C36H42BrN3O6. The molecule has 0 aromatic heterocycles. The molecule has 0 radical (unpaired) electrons. The fourth-order valence-corrected chi connectivity index (χ4v) is 6.11. The van der Waals surface area contributed by atoms with Crippen LogP contribution in [0.1, 0.15) is 62.6 Å². The van der Waals surface area contributed by atoms with Gasteiger partial charge >= 0.3 is 11.9 Å². The number of allylic oxidation sites excluding steroid dienone is 2. The van der Waals surface area contributed by atoms with Crippen molar-refractivity contribution in [1.29, 1.82) is 0 Å². The molecule has 1 aliphatic heterocycles. The van der Waals surface area contributed by atoms with Gasteiger partial charge in [-0.1, -0.05) is 72.8 Å². The lowest BCUT2D eigenvalue weighted by Crippen LogP contribution is -2.42. The van der Waals surface area contributed by atoms with E-state index in [0.717, 1.165) is 13.0 Å². The van der Waals surface area contributed by atoms with Crippen molar-refractivity contribution in [2.75, 3.05) is 27.2 Å². The molecule has 1 heterocycles. The minimum Gasteiger partial charge on any atom is -0.466 e. The maximum atomic E-state index is 14.0. The quantitative estimate of drug-likeness (QED) is 0.122. The molecule has 0 saturated carbocycles. The number of carbonyl (C=O) groups is 2. The first-order valence-corrected chi connectivity index (χ1v) is 14.9. The van der Waals surface area contributed by atoms with Gasteiger partial charge in [0.1, 0.15) is 5.60 Å². The van der Waals surface area contributed by atoms with Gasteiger partial charge in [-0.2, -0.15) is 0 Å². The van der Waals surface area contributed by atoms with Crippen molar-refractivity contribution >= 4 is 34.6 Å². The number of hydrogen-bond donors (Lipinski definition) is 1. The van der Waals surface area contributed by atoms with Gasteiger partial charge in [0.2, 0.25) is 0 Å². The maximum Gasteiger partial charge on any atom is 0.337 e. The highest BCUT2D eigenvalue weighted by Gasteiger charge is 2.40. The molecule has 1 N–H and O–H groups in total. The summed E-state index contributed by atoms with van der Waals surface area (Å²) >= 11 is 0. The number of methoxy groups -OCH3 is 1. The molecule has 0 saturated heterocycles. The van der Waals surface area contributed by atoms with Gasteiger partial charge in [-0.3, -0.25) is 10.1 Å². The fraction of sp³-hybridized carbons (Fsp3) is 0.333. The smallest absolute Gasteiger partial charge is 0.337 e. The van der Waals surface area contributed by atoms with Gasteiger partial charge in [0, 0.05) is 36.0 Å². The molecule has 0 fully saturated rings. The first-order chi connectivity index (χ1) is 21.4. The van der Waals surface area contributed by atoms with E-state index in [4.69, 9.17) is 9.47 Å². The van der Waals surface area contributed by atoms with Gasteiger partial charge < -0.3 is 19.7 Å². The standard InChI is InChI=1S/C36H41N3O6.BrH/c1-24-31(34(40)44-6)33(28-18-13-19-29(22-28)39(42)43)32(25(2)37-24)35(41)45-36(3,4)23-38(5)21-20-30(26-14-9-7-10-15-26)27-16-11-8-12-17-27;/h7-19,22,30,33,37H,20-21,23H2,1-6H3;1H. The molecule has 1 unspecified atom stereocenters. The number of esters is 2. The molecule has 10 heteroatoms. The van der Waals surface area contributed by atoms with Crippen LogP contribution in [0.15, 0.2) is 107 Å². The predicted molar refractivity (Wildman–Crippen MR) is 184 cm³/mol. The van der Waals surface area contributed by atoms with Crippen molar-refractivity contribution in [1.82, 2.24) is 10.2 Å². The Labute approximate surface area is 281 Å². The maximum absolute atomic E-state index is 14.0. The van der Waals surface area contributed by atoms with Gasteiger partial charge in [0.05, 0.1) is 29.1 Å². The Kier molecular flexibility index (Phi) is 12.4. The SMILES string of the molecule is Br.COC(=O)C1=C(C)NC(C)=C(C(=O)OC(C)(C)CN(C)CCC(c2ccccc2)c2ccccc2)C1c1cccc([N+](=O)[O-])c1. The van der Waals surface area contributed by atoms with Gasteiger partial charge in [-0.15, -0.1) is 17.0 Å². The molecule has 4 rings (SSSR count). The van der Waals surface area contributed by atoms with Crippen LogP contribution in [0.2, 0.25) is 0 Å². The zero-order chi connectivity index (χ0) is 32.7. The highest BCUT2D eigenvalue weighted by atomic mass is 79.9. The van der Waals surface area contributed by atoms with Crippen LogP contribution in [-0.2, 0) is 19.1 Å². The third kappa shape index (κ3) is 8.70. The van der Waals surface area contributed by atoms with Crippen LogP contribution in [0.4, 0.5) is 5.69 Å². The topological polar surface area (TPSA) is 111 Å². The summed E-state index contributed by atoms with van der Waals surface area (Å²) in [7, 11) is 3.26. The molecule has 0 spiro atoms. The Hall–Kier alpha value is -4.28. The van der Waals surface area contributed by atoms with E-state index in [1.54, 1.807) is 19.9 Å². The summed E-state index contributed by atoms with van der Waals surface area (Å²) in [6.45, 7) is 8.34. The summed E-state index contributed by atoms with van der Waals surface area (Å²) in [5.74, 6) is -1.96. The molecule has 244 valence electrons. The van der Waals surface area contributed by atoms with E-state index in [-0.39, 0.29) is 39.7 Å². The van der Waals surface area contributed by atoms with Crippen LogP contribution in [0.5, 0.6) is 0 Å². The van der Waals surface area contributed by atoms with Crippen LogP contribution in [0.3, 0.4) is 0 Å². The second-order valence-electron chi connectivity index (χ2n) is 12.0. The number of nitro benzene ring substituents is 1. The van der Waals surface area contributed by atoms with E-state index in [2.05, 4.69) is 58.7 Å². The molecular weight excluding hydrogens is 650 g/mol. The minimum atomic E-state index is -0.919. The average molecular weight is 693 g/mol. The Bertz CT molecular complexity index is 1560. The summed E-state index contributed by atoms with van der Waals surface area (Å²) < 4.78 is 11.2. The lowest BCUT2D eigenvalue weighted by Gasteiger charge is -2.34. The third-order valence-corrected chi connectivity index (χ3v) is 8.02. The van der Waals surface area contributed by atoms with E-state index in [0.29, 0.717) is 23.5 Å². The number of halogens is 1. The zero-order valence-electron chi connectivity index (χ0n) is 27.1. The Morgan fingerprint density at radius 1 is 0.913 bits per heavy atom. The van der Waals surface area contributed by atoms with Crippen molar-refractivity contribution < 1.29 is 24.0 Å². The van der Waals surface area contributed by atoms with Gasteiger partial charge in [0.15, 0.2) is 0 Å². The highest BCUT2D eigenvalue weighted by molar-refractivity contribution is 8.93. The molecule has 0 aliphatic carbocycles. The van der Waals surface area contributed by atoms with Gasteiger partial charge in [0.25, 0.3) is 5.69 Å². The van der Waals surface area contributed by atoms with Crippen molar-refractivity contribution in [3.8, 4) is 0 Å². The number of nitrogens with zero attached hydrogens (tertiary/aromatic N) is 2. The second kappa shape index (κ2) is 15.8. The lowest BCUT2D eigenvalue weighted by atomic mass is 9.80. The number of nitro groups is 1. The van der Waals surface area contributed by atoms with Gasteiger partial charge in [-0.05, 0) is 64.4 Å². The number of non-ortho nitro benzene ring substituents is 1. The summed E-state index contributed by atoms with van der Waals surface area (Å²) in [5, 5.41) is 14.7.